The van der Waals surface area contributed by atoms with E-state index in [2.05, 4.69) is 10.6 Å². The maximum atomic E-state index is 13.9. The highest BCUT2D eigenvalue weighted by molar-refractivity contribution is 6.08. The van der Waals surface area contributed by atoms with E-state index in [0.717, 1.165) is 21.9 Å². The maximum Gasteiger partial charge on any atom is 0.252 e. The normalized spacial score (nSPS) is 10.6. The van der Waals surface area contributed by atoms with Gasteiger partial charge in [-0.2, -0.15) is 0 Å². The van der Waals surface area contributed by atoms with Crippen molar-refractivity contribution in [3.05, 3.63) is 101 Å². The Labute approximate surface area is 191 Å². The molecule has 4 aromatic carbocycles. The first kappa shape index (κ1) is 22.0. The van der Waals surface area contributed by atoms with Crippen LogP contribution in [-0.2, 0) is 4.79 Å². The van der Waals surface area contributed by atoms with E-state index in [4.69, 9.17) is 4.74 Å². The Morgan fingerprint density at radius 1 is 0.879 bits per heavy atom. The van der Waals surface area contributed by atoms with Crippen LogP contribution in [0.15, 0.2) is 78.9 Å². The van der Waals surface area contributed by atoms with Crippen LogP contribution in [0.5, 0.6) is 11.5 Å². The number of hydrogen-bond donors (Lipinski definition) is 2. The van der Waals surface area contributed by atoms with Gasteiger partial charge in [0.05, 0.1) is 12.2 Å². The summed E-state index contributed by atoms with van der Waals surface area (Å²) in [5, 5.41) is 7.07. The van der Waals surface area contributed by atoms with Crippen LogP contribution in [0.25, 0.3) is 10.8 Å². The molecule has 6 heteroatoms. The molecule has 33 heavy (non-hydrogen) atoms. The largest absolute Gasteiger partial charge is 0.455 e. The van der Waals surface area contributed by atoms with Crippen LogP contribution < -0.4 is 15.4 Å². The number of halogens is 1. The zero-order valence-corrected chi connectivity index (χ0v) is 18.3. The summed E-state index contributed by atoms with van der Waals surface area (Å²) in [6.45, 7) is 3.63. The molecule has 4 aromatic rings. The monoisotopic (exact) mass is 442 g/mol. The molecule has 2 N–H and O–H groups in total. The van der Waals surface area contributed by atoms with Crippen molar-refractivity contribution in [2.45, 2.75) is 13.8 Å². The molecular weight excluding hydrogens is 419 g/mol. The van der Waals surface area contributed by atoms with E-state index in [0.29, 0.717) is 17.0 Å². The summed E-state index contributed by atoms with van der Waals surface area (Å²) in [5.41, 5.74) is 2.80. The van der Waals surface area contributed by atoms with Crippen molar-refractivity contribution in [1.82, 2.24) is 5.32 Å². The highest BCUT2D eigenvalue weighted by Crippen LogP contribution is 2.31. The van der Waals surface area contributed by atoms with Crippen molar-refractivity contribution < 1.29 is 18.7 Å². The van der Waals surface area contributed by atoms with Crippen LogP contribution in [0.4, 0.5) is 10.1 Å². The van der Waals surface area contributed by atoms with Crippen molar-refractivity contribution in [2.24, 2.45) is 0 Å². The molecule has 4 rings (SSSR count). The lowest BCUT2D eigenvalue weighted by Crippen LogP contribution is -2.33. The van der Waals surface area contributed by atoms with Gasteiger partial charge in [0, 0.05) is 11.6 Å². The lowest BCUT2D eigenvalue weighted by Gasteiger charge is -2.14. The van der Waals surface area contributed by atoms with Crippen LogP contribution in [0.1, 0.15) is 21.5 Å². The maximum absolute atomic E-state index is 13.9. The van der Waals surface area contributed by atoms with E-state index in [1.807, 2.05) is 62.4 Å². The molecule has 0 radical (unpaired) electrons. The summed E-state index contributed by atoms with van der Waals surface area (Å²) in [7, 11) is 0. The third-order valence-electron chi connectivity index (χ3n) is 5.08. The van der Waals surface area contributed by atoms with Crippen molar-refractivity contribution in [3.63, 3.8) is 0 Å². The predicted molar refractivity (Wildman–Crippen MR) is 127 cm³/mol. The van der Waals surface area contributed by atoms with Gasteiger partial charge in [-0.1, -0.05) is 42.5 Å². The summed E-state index contributed by atoms with van der Waals surface area (Å²) in [6.07, 6.45) is 0. The van der Waals surface area contributed by atoms with Gasteiger partial charge in [0.15, 0.2) is 5.75 Å². The highest BCUT2D eigenvalue weighted by Gasteiger charge is 2.14. The van der Waals surface area contributed by atoms with Gasteiger partial charge in [-0.15, -0.1) is 0 Å². The fourth-order valence-corrected chi connectivity index (χ4v) is 3.68. The van der Waals surface area contributed by atoms with Gasteiger partial charge in [0.25, 0.3) is 5.91 Å². The molecule has 5 nitrogen and oxygen atoms in total. The molecule has 0 heterocycles. The Bertz CT molecular complexity index is 1330. The minimum Gasteiger partial charge on any atom is -0.455 e. The van der Waals surface area contributed by atoms with Gasteiger partial charge in [-0.05, 0) is 66.1 Å². The number of rotatable bonds is 6. The van der Waals surface area contributed by atoms with Gasteiger partial charge >= 0.3 is 0 Å². The summed E-state index contributed by atoms with van der Waals surface area (Å²) in [5.74, 6) is -0.587. The van der Waals surface area contributed by atoms with Crippen molar-refractivity contribution >= 4 is 28.3 Å². The smallest absolute Gasteiger partial charge is 0.252 e. The number of nitrogens with one attached hydrogen (secondary N) is 2. The van der Waals surface area contributed by atoms with Crippen LogP contribution in [0, 0.1) is 19.7 Å². The van der Waals surface area contributed by atoms with Crippen LogP contribution in [0.3, 0.4) is 0 Å². The Morgan fingerprint density at radius 3 is 2.39 bits per heavy atom. The zero-order chi connectivity index (χ0) is 23.4. The average Bonchev–Trinajstić information content (AvgIpc) is 2.78. The second kappa shape index (κ2) is 9.53. The number of anilines is 1. The average molecular weight is 442 g/mol. The van der Waals surface area contributed by atoms with E-state index < -0.39 is 11.7 Å². The summed E-state index contributed by atoms with van der Waals surface area (Å²) >= 11 is 0. The fourth-order valence-electron chi connectivity index (χ4n) is 3.68. The molecule has 0 bridgehead atoms. The molecular formula is C27H23FN2O3. The summed E-state index contributed by atoms with van der Waals surface area (Å²) < 4.78 is 19.7. The first-order valence-electron chi connectivity index (χ1n) is 10.5. The third kappa shape index (κ3) is 5.36. The first-order chi connectivity index (χ1) is 15.9. The topological polar surface area (TPSA) is 67.4 Å². The van der Waals surface area contributed by atoms with Gasteiger partial charge < -0.3 is 15.4 Å². The summed E-state index contributed by atoms with van der Waals surface area (Å²) in [4.78, 5) is 25.2. The van der Waals surface area contributed by atoms with Gasteiger partial charge in [-0.25, -0.2) is 4.39 Å². The fraction of sp³-hybridized carbons (Fsp3) is 0.111. The minimum atomic E-state index is -0.489. The molecule has 0 saturated heterocycles. The number of ether oxygens (including phenoxy) is 1. The first-order valence-corrected chi connectivity index (χ1v) is 10.5. The molecule has 0 aliphatic rings. The Kier molecular flexibility index (Phi) is 6.36. The SMILES string of the molecule is Cc1cc(C)cc(Oc2cc(F)ccc2NC(=O)CNC(=O)c2cccc3ccccc23)c1. The molecule has 0 aliphatic carbocycles. The highest BCUT2D eigenvalue weighted by atomic mass is 19.1. The quantitative estimate of drug-likeness (QED) is 0.399. The predicted octanol–water partition coefficient (Wildman–Crippen LogP) is 5.76. The molecule has 166 valence electrons. The second-order valence-corrected chi connectivity index (χ2v) is 7.82. The van der Waals surface area contributed by atoms with Crippen LogP contribution >= 0.6 is 0 Å². The number of benzene rings is 4. The number of aryl methyl sites for hydroxylation is 2. The number of hydrogen-bond acceptors (Lipinski definition) is 3. The third-order valence-corrected chi connectivity index (χ3v) is 5.08. The number of fused-ring (bicyclic) bond motifs is 1. The molecule has 0 atom stereocenters. The summed E-state index contributed by atoms with van der Waals surface area (Å²) in [6, 6.07) is 22.5. The van der Waals surface area contributed by atoms with Gasteiger partial charge in [0.2, 0.25) is 5.91 Å². The molecule has 0 fully saturated rings. The lowest BCUT2D eigenvalue weighted by atomic mass is 10.0. The second-order valence-electron chi connectivity index (χ2n) is 7.82. The number of amides is 2. The van der Waals surface area contributed by atoms with E-state index >= 15 is 0 Å². The Balaban J connectivity index is 1.45. The van der Waals surface area contributed by atoms with Crippen molar-refractivity contribution in [1.29, 1.82) is 0 Å². The number of carbonyl (C=O) groups is 2. The van der Waals surface area contributed by atoms with Crippen molar-refractivity contribution in [2.75, 3.05) is 11.9 Å². The molecule has 0 unspecified atom stereocenters. The van der Waals surface area contributed by atoms with Crippen LogP contribution in [0.2, 0.25) is 0 Å². The lowest BCUT2D eigenvalue weighted by molar-refractivity contribution is -0.115. The van der Waals surface area contributed by atoms with E-state index in [-0.39, 0.29) is 18.2 Å². The van der Waals surface area contributed by atoms with E-state index in [9.17, 15) is 14.0 Å². The van der Waals surface area contributed by atoms with Gasteiger partial charge in [-0.3, -0.25) is 9.59 Å². The zero-order valence-electron chi connectivity index (χ0n) is 18.3. The molecule has 0 spiro atoms. The number of carbonyl (C=O) groups excluding carboxylic acids is 2. The Morgan fingerprint density at radius 2 is 1.61 bits per heavy atom. The molecule has 0 saturated carbocycles. The van der Waals surface area contributed by atoms with Crippen LogP contribution in [-0.4, -0.2) is 18.4 Å². The standard InChI is InChI=1S/C27H23FN2O3/c1-17-12-18(2)14-21(13-17)33-25-15-20(28)10-11-24(25)30-26(31)16-29-27(32)23-9-5-7-19-6-3-4-8-22(19)23/h3-15H,16H2,1-2H3,(H,29,32)(H,30,31). The van der Waals surface area contributed by atoms with Gasteiger partial charge in [0.1, 0.15) is 11.6 Å². The van der Waals surface area contributed by atoms with Crippen molar-refractivity contribution in [3.8, 4) is 11.5 Å². The van der Waals surface area contributed by atoms with E-state index in [1.54, 1.807) is 12.1 Å². The molecule has 0 aromatic heterocycles. The van der Waals surface area contributed by atoms with E-state index in [1.165, 1.54) is 18.2 Å². The molecule has 0 aliphatic heterocycles. The molecule has 2 amide bonds. The minimum absolute atomic E-state index is 0.175. The Hall–Kier alpha value is -4.19.